The van der Waals surface area contributed by atoms with Crippen molar-refractivity contribution >= 4 is 6.09 Å². The largest absolute Gasteiger partial charge is 0.444 e. The van der Waals surface area contributed by atoms with E-state index in [1.54, 1.807) is 4.90 Å². The number of hydrogen-bond donors (Lipinski definition) is 1. The molecule has 2 rings (SSSR count). The number of carbonyl (C=O) groups is 1. The summed E-state index contributed by atoms with van der Waals surface area (Å²) in [6.07, 6.45) is 0.517. The summed E-state index contributed by atoms with van der Waals surface area (Å²) in [6.45, 7) is 8.14. The molecule has 0 radical (unpaired) electrons. The van der Waals surface area contributed by atoms with Gasteiger partial charge in [-0.3, -0.25) is 0 Å². The number of ether oxygens (including phenoxy) is 1. The van der Waals surface area contributed by atoms with E-state index in [2.05, 4.69) is 11.8 Å². The molecule has 4 heteroatoms. The van der Waals surface area contributed by atoms with Gasteiger partial charge in [0.25, 0.3) is 0 Å². The summed E-state index contributed by atoms with van der Waals surface area (Å²) in [5, 5.41) is 8.77. The average molecular weight is 301 g/mol. The first kappa shape index (κ1) is 16.4. The molecule has 0 saturated carbocycles. The van der Waals surface area contributed by atoms with E-state index in [-0.39, 0.29) is 18.7 Å². The van der Waals surface area contributed by atoms with Crippen LogP contribution in [0.3, 0.4) is 0 Å². The predicted molar refractivity (Wildman–Crippen MR) is 85.5 cm³/mol. The van der Waals surface area contributed by atoms with E-state index in [4.69, 9.17) is 9.84 Å². The molecule has 1 unspecified atom stereocenters. The Labute approximate surface area is 132 Å². The number of amides is 1. The Bertz CT molecular complexity index is 619. The minimum atomic E-state index is -0.485. The summed E-state index contributed by atoms with van der Waals surface area (Å²) in [7, 11) is 0. The zero-order chi connectivity index (χ0) is 16.3. The van der Waals surface area contributed by atoms with Crippen LogP contribution in [0.4, 0.5) is 4.79 Å². The van der Waals surface area contributed by atoms with E-state index >= 15 is 0 Å². The molecule has 1 amide bonds. The summed E-state index contributed by atoms with van der Waals surface area (Å²) in [6, 6.07) is 5.97. The van der Waals surface area contributed by atoms with E-state index < -0.39 is 5.60 Å². The van der Waals surface area contributed by atoms with Crippen LogP contribution in [-0.4, -0.2) is 34.9 Å². The molecule has 1 atom stereocenters. The Morgan fingerprint density at radius 3 is 2.82 bits per heavy atom. The normalized spacial score (nSPS) is 17.3. The second-order valence-electron chi connectivity index (χ2n) is 6.47. The first-order valence-electron chi connectivity index (χ1n) is 7.54. The van der Waals surface area contributed by atoms with Crippen molar-refractivity contribution in [1.82, 2.24) is 4.90 Å². The van der Waals surface area contributed by atoms with Gasteiger partial charge in [-0.05, 0) is 57.4 Å². The molecule has 0 bridgehead atoms. The van der Waals surface area contributed by atoms with Crippen molar-refractivity contribution < 1.29 is 14.6 Å². The molecule has 1 aromatic carbocycles. The first-order valence-corrected chi connectivity index (χ1v) is 7.54. The zero-order valence-corrected chi connectivity index (χ0v) is 13.6. The highest BCUT2D eigenvalue weighted by molar-refractivity contribution is 5.69. The minimum absolute atomic E-state index is 0.0153. The molecule has 0 spiro atoms. The van der Waals surface area contributed by atoms with Gasteiger partial charge in [0.05, 0.1) is 6.04 Å². The number of carbonyl (C=O) groups excluding carboxylic acids is 1. The summed E-state index contributed by atoms with van der Waals surface area (Å²) in [5.41, 5.74) is 2.75. The summed E-state index contributed by atoms with van der Waals surface area (Å²) >= 11 is 0. The Morgan fingerprint density at radius 1 is 1.45 bits per heavy atom. The van der Waals surface area contributed by atoms with Crippen LogP contribution in [-0.2, 0) is 11.2 Å². The Morgan fingerprint density at radius 2 is 2.18 bits per heavy atom. The highest BCUT2D eigenvalue weighted by Gasteiger charge is 2.30. The maximum absolute atomic E-state index is 12.3. The summed E-state index contributed by atoms with van der Waals surface area (Å²) < 4.78 is 5.48. The topological polar surface area (TPSA) is 49.8 Å². The molecule has 1 aliphatic rings. The number of nitrogens with zero attached hydrogens (tertiary/aromatic N) is 1. The molecule has 1 aliphatic heterocycles. The number of benzene rings is 1. The Balaban J connectivity index is 2.20. The standard InChI is InChI=1S/C18H23NO3/c1-13-16-8-7-14(6-5-11-20)12-15(16)9-10-19(13)17(21)22-18(2,3)4/h7-8,12-13,20H,9-11H2,1-4H3. The van der Waals surface area contributed by atoms with Gasteiger partial charge in [-0.1, -0.05) is 17.9 Å². The quantitative estimate of drug-likeness (QED) is 0.750. The number of fused-ring (bicyclic) bond motifs is 1. The molecule has 118 valence electrons. The van der Waals surface area contributed by atoms with Crippen LogP contribution in [0.25, 0.3) is 0 Å². The summed E-state index contributed by atoms with van der Waals surface area (Å²) in [5.74, 6) is 5.58. The van der Waals surface area contributed by atoms with Crippen LogP contribution in [0.5, 0.6) is 0 Å². The molecule has 1 heterocycles. The molecule has 0 aliphatic carbocycles. The second kappa shape index (κ2) is 6.41. The van der Waals surface area contributed by atoms with E-state index in [0.29, 0.717) is 6.54 Å². The van der Waals surface area contributed by atoms with Gasteiger partial charge >= 0.3 is 6.09 Å². The number of aliphatic hydroxyl groups is 1. The molecule has 22 heavy (non-hydrogen) atoms. The van der Waals surface area contributed by atoms with Gasteiger partial charge in [-0.25, -0.2) is 4.79 Å². The van der Waals surface area contributed by atoms with Crippen LogP contribution in [0, 0.1) is 11.8 Å². The summed E-state index contributed by atoms with van der Waals surface area (Å²) in [4.78, 5) is 14.1. The average Bonchev–Trinajstić information content (AvgIpc) is 2.43. The molecule has 0 aromatic heterocycles. The molecule has 1 N–H and O–H groups in total. The SMILES string of the molecule is CC1c2ccc(C#CCO)cc2CCN1C(=O)OC(C)(C)C. The number of rotatable bonds is 0. The van der Waals surface area contributed by atoms with Crippen molar-refractivity contribution in [2.45, 2.75) is 45.8 Å². The van der Waals surface area contributed by atoms with Crippen LogP contribution in [0.1, 0.15) is 50.4 Å². The van der Waals surface area contributed by atoms with Crippen molar-refractivity contribution in [1.29, 1.82) is 0 Å². The fourth-order valence-electron chi connectivity index (χ4n) is 2.62. The highest BCUT2D eigenvalue weighted by atomic mass is 16.6. The first-order chi connectivity index (χ1) is 10.3. The van der Waals surface area contributed by atoms with Crippen LogP contribution in [0.2, 0.25) is 0 Å². The lowest BCUT2D eigenvalue weighted by Crippen LogP contribution is -2.42. The third-order valence-electron chi connectivity index (χ3n) is 3.62. The Kier molecular flexibility index (Phi) is 4.77. The molecule has 4 nitrogen and oxygen atoms in total. The van der Waals surface area contributed by atoms with E-state index in [0.717, 1.165) is 17.5 Å². The maximum Gasteiger partial charge on any atom is 0.410 e. The molecular weight excluding hydrogens is 278 g/mol. The zero-order valence-electron chi connectivity index (χ0n) is 13.6. The van der Waals surface area contributed by atoms with Gasteiger partial charge in [-0.15, -0.1) is 0 Å². The fourth-order valence-corrected chi connectivity index (χ4v) is 2.62. The van der Waals surface area contributed by atoms with Crippen LogP contribution >= 0.6 is 0 Å². The van der Waals surface area contributed by atoms with Crippen molar-refractivity contribution in [2.75, 3.05) is 13.2 Å². The lowest BCUT2D eigenvalue weighted by Gasteiger charge is -2.36. The van der Waals surface area contributed by atoms with Gasteiger partial charge in [-0.2, -0.15) is 0 Å². The van der Waals surface area contributed by atoms with Gasteiger partial charge < -0.3 is 14.7 Å². The van der Waals surface area contributed by atoms with E-state index in [1.807, 2.05) is 45.9 Å². The predicted octanol–water partition coefficient (Wildman–Crippen LogP) is 2.88. The third-order valence-corrected chi connectivity index (χ3v) is 3.62. The van der Waals surface area contributed by atoms with Crippen LogP contribution in [0.15, 0.2) is 18.2 Å². The van der Waals surface area contributed by atoms with Gasteiger partial charge in [0.1, 0.15) is 12.2 Å². The van der Waals surface area contributed by atoms with Gasteiger partial charge in [0.2, 0.25) is 0 Å². The molecule has 1 aromatic rings. The Hall–Kier alpha value is -1.99. The fraction of sp³-hybridized carbons (Fsp3) is 0.500. The van der Waals surface area contributed by atoms with Gasteiger partial charge in [0.15, 0.2) is 0 Å². The molecule has 0 saturated heterocycles. The van der Waals surface area contributed by atoms with Crippen molar-refractivity contribution in [3.8, 4) is 11.8 Å². The lowest BCUT2D eigenvalue weighted by atomic mass is 9.92. The molecular formula is C18H23NO3. The van der Waals surface area contributed by atoms with Crippen LogP contribution < -0.4 is 0 Å². The van der Waals surface area contributed by atoms with Gasteiger partial charge in [0, 0.05) is 12.1 Å². The maximum atomic E-state index is 12.3. The molecule has 0 fully saturated rings. The number of hydrogen-bond acceptors (Lipinski definition) is 3. The second-order valence-corrected chi connectivity index (χ2v) is 6.47. The minimum Gasteiger partial charge on any atom is -0.444 e. The highest BCUT2D eigenvalue weighted by Crippen LogP contribution is 2.31. The van der Waals surface area contributed by atoms with Crippen molar-refractivity contribution in [3.05, 3.63) is 34.9 Å². The van der Waals surface area contributed by atoms with Crippen molar-refractivity contribution in [2.24, 2.45) is 0 Å². The smallest absolute Gasteiger partial charge is 0.410 e. The lowest BCUT2D eigenvalue weighted by molar-refractivity contribution is 0.0160. The third kappa shape index (κ3) is 3.80. The number of aliphatic hydroxyl groups excluding tert-OH is 1. The van der Waals surface area contributed by atoms with E-state index in [1.165, 1.54) is 5.56 Å². The van der Waals surface area contributed by atoms with Crippen molar-refractivity contribution in [3.63, 3.8) is 0 Å². The van der Waals surface area contributed by atoms with E-state index in [9.17, 15) is 4.79 Å². The monoisotopic (exact) mass is 301 g/mol.